The van der Waals surface area contributed by atoms with Gasteiger partial charge in [-0.2, -0.15) is 0 Å². The fourth-order valence-electron chi connectivity index (χ4n) is 4.48. The smallest absolute Gasteiger partial charge is 0.247 e. The van der Waals surface area contributed by atoms with E-state index in [1.807, 2.05) is 42.5 Å². The minimum Gasteiger partial charge on any atom is -0.419 e. The summed E-state index contributed by atoms with van der Waals surface area (Å²) in [6.07, 6.45) is 0. The van der Waals surface area contributed by atoms with E-state index in [1.165, 1.54) is 28.9 Å². The van der Waals surface area contributed by atoms with Crippen LogP contribution >= 0.6 is 12.4 Å². The Morgan fingerprint density at radius 3 is 2.26 bits per heavy atom. The number of rotatable bonds is 5. The highest BCUT2D eigenvalue weighted by molar-refractivity contribution is 5.85. The first kappa shape index (κ1) is 23.9. The van der Waals surface area contributed by atoms with Crippen molar-refractivity contribution in [3.05, 3.63) is 101 Å². The second-order valence-corrected chi connectivity index (χ2v) is 8.58. The number of benzene rings is 3. The lowest BCUT2D eigenvalue weighted by atomic mass is 10.0. The highest BCUT2D eigenvalue weighted by Crippen LogP contribution is 2.32. The van der Waals surface area contributed by atoms with Crippen LogP contribution < -0.4 is 4.90 Å². The van der Waals surface area contributed by atoms with Crippen molar-refractivity contribution in [2.75, 3.05) is 31.1 Å². The number of aromatic nitrogens is 2. The van der Waals surface area contributed by atoms with E-state index >= 15 is 0 Å². The minimum absolute atomic E-state index is 0. The molecule has 2 heterocycles. The van der Waals surface area contributed by atoms with E-state index in [0.717, 1.165) is 37.3 Å². The fourth-order valence-corrected chi connectivity index (χ4v) is 4.48. The number of nitrogens with zero attached hydrogens (tertiary/aromatic N) is 4. The van der Waals surface area contributed by atoms with Crippen LogP contribution in [-0.4, -0.2) is 41.3 Å². The Kier molecular flexibility index (Phi) is 7.29. The molecule has 1 aromatic heterocycles. The maximum atomic E-state index is 13.7. The van der Waals surface area contributed by atoms with Crippen LogP contribution in [0.2, 0.25) is 0 Å². The average molecular weight is 479 g/mol. The molecule has 0 radical (unpaired) electrons. The summed E-state index contributed by atoms with van der Waals surface area (Å²) in [4.78, 5) is 4.78. The van der Waals surface area contributed by atoms with Gasteiger partial charge in [-0.15, -0.1) is 22.6 Å². The molecule has 0 aliphatic carbocycles. The number of piperazine rings is 1. The van der Waals surface area contributed by atoms with Crippen molar-refractivity contribution in [1.29, 1.82) is 0 Å². The third-order valence-corrected chi connectivity index (χ3v) is 6.27. The van der Waals surface area contributed by atoms with E-state index < -0.39 is 0 Å². The Bertz CT molecular complexity index is 1220. The van der Waals surface area contributed by atoms with Crippen molar-refractivity contribution >= 4 is 18.1 Å². The van der Waals surface area contributed by atoms with Gasteiger partial charge in [-0.3, -0.25) is 4.90 Å². The van der Waals surface area contributed by atoms with Gasteiger partial charge in [-0.05, 0) is 60.9 Å². The fraction of sp³-hybridized carbons (Fsp3) is 0.259. The van der Waals surface area contributed by atoms with Gasteiger partial charge in [-0.1, -0.05) is 42.5 Å². The summed E-state index contributed by atoms with van der Waals surface area (Å²) in [7, 11) is 0. The lowest BCUT2D eigenvalue weighted by Gasteiger charge is -2.39. The molecule has 34 heavy (non-hydrogen) atoms. The monoisotopic (exact) mass is 478 g/mol. The first-order valence-electron chi connectivity index (χ1n) is 11.3. The largest absolute Gasteiger partial charge is 0.419 e. The molecule has 1 unspecified atom stereocenters. The molecule has 4 aromatic rings. The lowest BCUT2D eigenvalue weighted by molar-refractivity contribution is 0.188. The van der Waals surface area contributed by atoms with Gasteiger partial charge in [0.05, 0.1) is 0 Å². The van der Waals surface area contributed by atoms with Crippen LogP contribution in [0.25, 0.3) is 11.5 Å². The summed E-state index contributed by atoms with van der Waals surface area (Å²) in [6, 6.07) is 22.7. The summed E-state index contributed by atoms with van der Waals surface area (Å²) in [5.74, 6) is 0.764. The van der Waals surface area contributed by atoms with Crippen molar-refractivity contribution in [2.45, 2.75) is 19.9 Å². The standard InChI is InChI=1S/C27H27FN4O.ClH/c1-19-8-9-20(2)24(18-19)31-14-16-32(17-15-31)25(21-10-12-23(28)13-11-21)27-30-29-26(33-27)22-6-4-3-5-7-22;/h3-13,18,25H,14-17H2,1-2H3;1H. The van der Waals surface area contributed by atoms with Crippen LogP contribution in [0.3, 0.4) is 0 Å². The number of aryl methyl sites for hydroxylation is 2. The summed E-state index contributed by atoms with van der Waals surface area (Å²) in [5, 5.41) is 8.71. The van der Waals surface area contributed by atoms with E-state index in [9.17, 15) is 4.39 Å². The van der Waals surface area contributed by atoms with Gasteiger partial charge < -0.3 is 9.32 Å². The Morgan fingerprint density at radius 1 is 0.853 bits per heavy atom. The number of anilines is 1. The molecule has 1 atom stereocenters. The van der Waals surface area contributed by atoms with Crippen molar-refractivity contribution in [3.63, 3.8) is 0 Å². The van der Waals surface area contributed by atoms with Crippen LogP contribution in [0.5, 0.6) is 0 Å². The molecule has 7 heteroatoms. The highest BCUT2D eigenvalue weighted by Gasteiger charge is 2.31. The second-order valence-electron chi connectivity index (χ2n) is 8.58. The molecule has 1 fully saturated rings. The van der Waals surface area contributed by atoms with Crippen LogP contribution in [0.4, 0.5) is 10.1 Å². The van der Waals surface area contributed by atoms with Crippen molar-refractivity contribution < 1.29 is 8.81 Å². The molecule has 0 amide bonds. The third kappa shape index (κ3) is 4.98. The predicted molar refractivity (Wildman–Crippen MR) is 135 cm³/mol. The van der Waals surface area contributed by atoms with E-state index in [1.54, 1.807) is 0 Å². The molecule has 0 bridgehead atoms. The van der Waals surface area contributed by atoms with Gasteiger partial charge in [-0.25, -0.2) is 4.39 Å². The molecule has 1 aliphatic rings. The molecular formula is C27H28ClFN4O. The van der Waals surface area contributed by atoms with E-state index in [0.29, 0.717) is 11.8 Å². The first-order valence-corrected chi connectivity index (χ1v) is 11.3. The zero-order chi connectivity index (χ0) is 22.8. The normalized spacial score (nSPS) is 15.1. The molecule has 5 rings (SSSR count). The first-order chi connectivity index (χ1) is 16.1. The maximum Gasteiger partial charge on any atom is 0.247 e. The molecule has 1 saturated heterocycles. The Balaban J connectivity index is 0.00000274. The van der Waals surface area contributed by atoms with E-state index in [4.69, 9.17) is 4.42 Å². The Morgan fingerprint density at radius 2 is 1.56 bits per heavy atom. The molecule has 176 valence electrons. The number of hydrogen-bond donors (Lipinski definition) is 0. The molecule has 0 saturated carbocycles. The van der Waals surface area contributed by atoms with Crippen LogP contribution in [0, 0.1) is 19.7 Å². The van der Waals surface area contributed by atoms with Gasteiger partial charge in [0.1, 0.15) is 11.9 Å². The van der Waals surface area contributed by atoms with Gasteiger partial charge in [0.15, 0.2) is 0 Å². The second kappa shape index (κ2) is 10.4. The van der Waals surface area contributed by atoms with Gasteiger partial charge in [0.25, 0.3) is 0 Å². The van der Waals surface area contributed by atoms with Gasteiger partial charge in [0.2, 0.25) is 11.8 Å². The number of halogens is 2. The lowest BCUT2D eigenvalue weighted by Crippen LogP contribution is -2.48. The van der Waals surface area contributed by atoms with Crippen molar-refractivity contribution in [1.82, 2.24) is 15.1 Å². The zero-order valence-electron chi connectivity index (χ0n) is 19.3. The van der Waals surface area contributed by atoms with Crippen LogP contribution in [0.1, 0.15) is 28.6 Å². The summed E-state index contributed by atoms with van der Waals surface area (Å²) < 4.78 is 19.8. The molecule has 1 aliphatic heterocycles. The summed E-state index contributed by atoms with van der Waals surface area (Å²) in [6.45, 7) is 7.73. The third-order valence-electron chi connectivity index (χ3n) is 6.27. The van der Waals surface area contributed by atoms with E-state index in [-0.39, 0.29) is 24.3 Å². The Hall–Kier alpha value is -3.22. The van der Waals surface area contributed by atoms with Crippen LogP contribution in [-0.2, 0) is 0 Å². The van der Waals surface area contributed by atoms with Gasteiger partial charge in [0, 0.05) is 37.4 Å². The summed E-state index contributed by atoms with van der Waals surface area (Å²) in [5.41, 5.74) is 5.67. The highest BCUT2D eigenvalue weighted by atomic mass is 35.5. The maximum absolute atomic E-state index is 13.7. The molecular weight excluding hydrogens is 451 g/mol. The van der Waals surface area contributed by atoms with Crippen molar-refractivity contribution in [2.24, 2.45) is 0 Å². The topological polar surface area (TPSA) is 45.4 Å². The molecule has 0 spiro atoms. The SMILES string of the molecule is Cc1ccc(C)c(N2CCN(C(c3ccc(F)cc3)c3nnc(-c4ccccc4)o3)CC2)c1.Cl. The minimum atomic E-state index is -0.257. The quantitative estimate of drug-likeness (QED) is 0.361. The summed E-state index contributed by atoms with van der Waals surface area (Å²) >= 11 is 0. The number of hydrogen-bond acceptors (Lipinski definition) is 5. The molecule has 5 nitrogen and oxygen atoms in total. The van der Waals surface area contributed by atoms with Gasteiger partial charge >= 0.3 is 0 Å². The molecule has 0 N–H and O–H groups in total. The zero-order valence-corrected chi connectivity index (χ0v) is 20.1. The predicted octanol–water partition coefficient (Wildman–Crippen LogP) is 5.83. The Labute approximate surface area is 205 Å². The van der Waals surface area contributed by atoms with Crippen LogP contribution in [0.15, 0.2) is 77.2 Å². The molecule has 3 aromatic carbocycles. The average Bonchev–Trinajstić information content (AvgIpc) is 3.33. The van der Waals surface area contributed by atoms with Crippen molar-refractivity contribution in [3.8, 4) is 11.5 Å². The van der Waals surface area contributed by atoms with E-state index in [2.05, 4.69) is 52.0 Å².